The lowest BCUT2D eigenvalue weighted by atomic mass is 9.40. The van der Waals surface area contributed by atoms with Gasteiger partial charge in [-0.2, -0.15) is 0 Å². The molecule has 212 valence electrons. The van der Waals surface area contributed by atoms with Crippen molar-refractivity contribution in [3.05, 3.63) is 12.7 Å². The quantitative estimate of drug-likeness (QED) is 0.357. The van der Waals surface area contributed by atoms with Crippen molar-refractivity contribution in [3.63, 3.8) is 0 Å². The number of hydrogen-bond acceptors (Lipinski definition) is 9. The highest BCUT2D eigenvalue weighted by molar-refractivity contribution is 5.92. The maximum atomic E-state index is 13.8. The van der Waals surface area contributed by atoms with Gasteiger partial charge in [0.25, 0.3) is 0 Å². The van der Waals surface area contributed by atoms with Crippen LogP contribution in [0.1, 0.15) is 60.8 Å². The van der Waals surface area contributed by atoms with E-state index in [1.54, 1.807) is 20.8 Å². The Bertz CT molecular complexity index is 924. The number of carbonyl (C=O) groups excluding carboxylic acids is 2. The molecule has 9 nitrogen and oxygen atoms in total. The molecule has 2 heterocycles. The molecular formula is C27H44ClNO8. The summed E-state index contributed by atoms with van der Waals surface area (Å²) in [5.41, 5.74) is -7.25. The average molecular weight is 546 g/mol. The van der Waals surface area contributed by atoms with E-state index in [2.05, 4.69) is 6.58 Å². The van der Waals surface area contributed by atoms with Crippen molar-refractivity contribution in [1.82, 2.24) is 4.90 Å². The van der Waals surface area contributed by atoms with Gasteiger partial charge in [0.15, 0.2) is 11.4 Å². The Kier molecular flexibility index (Phi) is 8.10. The molecule has 0 bridgehead atoms. The van der Waals surface area contributed by atoms with Crippen LogP contribution in [0, 0.1) is 16.7 Å². The summed E-state index contributed by atoms with van der Waals surface area (Å²) in [6.45, 7) is 16.5. The number of rotatable bonds is 4. The largest absolute Gasteiger partial charge is 0.458 e. The standard InChI is InChI=1S/C27H43NO8.ClH/c1-8-24(5)15-18(30)27(33)25(6)17(29)9-10-23(3,4)20(25)19(21(31)26(27,7)36-24)35-22(32)16(2)28-11-13-34-14-12-28;/h8,16-17,19-21,29,31,33H,1,9-15H2,2-7H3;1H/t16?,17-,19-,20-,21-,24-,25-,26+,27-;/m0./s1. The average Bonchev–Trinajstić information content (AvgIpc) is 2.83. The second kappa shape index (κ2) is 9.84. The number of nitrogens with zero attached hydrogens (tertiary/aromatic N) is 1. The van der Waals surface area contributed by atoms with E-state index in [-0.39, 0.29) is 18.8 Å². The Balaban J connectivity index is 0.00000380. The number of hydrogen-bond donors (Lipinski definition) is 3. The topological polar surface area (TPSA) is 126 Å². The van der Waals surface area contributed by atoms with Crippen molar-refractivity contribution < 1.29 is 39.1 Å². The van der Waals surface area contributed by atoms with E-state index in [0.29, 0.717) is 39.1 Å². The van der Waals surface area contributed by atoms with Crippen molar-refractivity contribution in [2.75, 3.05) is 26.3 Å². The van der Waals surface area contributed by atoms with Gasteiger partial charge in [-0.05, 0) is 39.0 Å². The molecule has 10 heteroatoms. The van der Waals surface area contributed by atoms with Crippen LogP contribution >= 0.6 is 12.4 Å². The van der Waals surface area contributed by atoms with Crippen LogP contribution in [0.2, 0.25) is 0 Å². The first-order chi connectivity index (χ1) is 16.6. The number of fused-ring (bicyclic) bond motifs is 3. The highest BCUT2D eigenvalue weighted by atomic mass is 35.5. The van der Waals surface area contributed by atoms with Crippen LogP contribution in [0.5, 0.6) is 0 Å². The summed E-state index contributed by atoms with van der Waals surface area (Å²) in [4.78, 5) is 29.2. The molecule has 4 fully saturated rings. The molecule has 37 heavy (non-hydrogen) atoms. The first kappa shape index (κ1) is 30.5. The molecule has 0 aromatic heterocycles. The minimum Gasteiger partial charge on any atom is -0.458 e. The molecule has 2 aliphatic heterocycles. The van der Waals surface area contributed by atoms with Gasteiger partial charge in [0.05, 0.1) is 24.9 Å². The van der Waals surface area contributed by atoms with Gasteiger partial charge in [0.1, 0.15) is 23.9 Å². The van der Waals surface area contributed by atoms with Crippen LogP contribution in [0.15, 0.2) is 12.7 Å². The van der Waals surface area contributed by atoms with Crippen LogP contribution in [0.3, 0.4) is 0 Å². The SMILES string of the molecule is C=C[C@@]1(C)CC(=O)[C@]2(O)[C@@]3(C)[C@@H](O)CCC(C)(C)[C@@H]3[C@H](OC(=O)C(C)N3CCOCC3)[C@H](O)[C@@]2(C)O1.Cl. The van der Waals surface area contributed by atoms with Gasteiger partial charge in [-0.3, -0.25) is 14.5 Å². The summed E-state index contributed by atoms with van der Waals surface area (Å²) in [6, 6.07) is -0.579. The predicted octanol–water partition coefficient (Wildman–Crippen LogP) is 1.64. The van der Waals surface area contributed by atoms with Crippen LogP contribution in [0.25, 0.3) is 0 Å². The molecule has 0 aromatic carbocycles. The Morgan fingerprint density at radius 2 is 1.78 bits per heavy atom. The lowest BCUT2D eigenvalue weighted by molar-refractivity contribution is -0.370. The Morgan fingerprint density at radius 1 is 1.19 bits per heavy atom. The van der Waals surface area contributed by atoms with Gasteiger partial charge in [-0.1, -0.05) is 26.8 Å². The van der Waals surface area contributed by atoms with Crippen LogP contribution in [-0.2, 0) is 23.8 Å². The molecule has 3 N–H and O–H groups in total. The zero-order valence-corrected chi connectivity index (χ0v) is 23.7. The molecule has 2 saturated carbocycles. The summed E-state index contributed by atoms with van der Waals surface area (Å²) in [6.07, 6.45) is -1.48. The number of ether oxygens (including phenoxy) is 3. The molecule has 2 saturated heterocycles. The van der Waals surface area contributed by atoms with Crippen molar-refractivity contribution in [3.8, 4) is 0 Å². The fraction of sp³-hybridized carbons (Fsp3) is 0.852. The number of ketones is 1. The molecule has 0 amide bonds. The first-order valence-electron chi connectivity index (χ1n) is 13.1. The molecule has 1 unspecified atom stereocenters. The minimum absolute atomic E-state index is 0. The van der Waals surface area contributed by atoms with E-state index in [4.69, 9.17) is 14.2 Å². The fourth-order valence-corrected chi connectivity index (χ4v) is 7.75. The fourth-order valence-electron chi connectivity index (χ4n) is 7.75. The molecular weight excluding hydrogens is 502 g/mol. The predicted molar refractivity (Wildman–Crippen MR) is 138 cm³/mol. The molecule has 0 radical (unpaired) electrons. The van der Waals surface area contributed by atoms with Gasteiger partial charge in [-0.25, -0.2) is 0 Å². The summed E-state index contributed by atoms with van der Waals surface area (Å²) in [5, 5.41) is 35.7. The first-order valence-corrected chi connectivity index (χ1v) is 13.1. The number of esters is 1. The van der Waals surface area contributed by atoms with E-state index in [0.717, 1.165) is 0 Å². The number of aliphatic hydroxyl groups excluding tert-OH is 2. The lowest BCUT2D eigenvalue weighted by Gasteiger charge is -2.71. The Hall–Kier alpha value is -1.07. The molecule has 4 aliphatic rings. The number of aliphatic hydroxyl groups is 3. The summed E-state index contributed by atoms with van der Waals surface area (Å²) >= 11 is 0. The number of halogens is 1. The van der Waals surface area contributed by atoms with Gasteiger partial charge in [0.2, 0.25) is 0 Å². The zero-order chi connectivity index (χ0) is 26.9. The summed E-state index contributed by atoms with van der Waals surface area (Å²) < 4.78 is 17.9. The second-order valence-electron chi connectivity index (χ2n) is 12.5. The van der Waals surface area contributed by atoms with Gasteiger partial charge in [0, 0.05) is 30.8 Å². The maximum absolute atomic E-state index is 13.8. The monoisotopic (exact) mass is 545 g/mol. The number of morpholine rings is 1. The van der Waals surface area contributed by atoms with Crippen molar-refractivity contribution in [2.24, 2.45) is 16.7 Å². The van der Waals surface area contributed by atoms with E-state index in [1.807, 2.05) is 18.7 Å². The molecule has 9 atom stereocenters. The second-order valence-corrected chi connectivity index (χ2v) is 12.5. The third-order valence-corrected chi connectivity index (χ3v) is 9.92. The molecule has 2 aliphatic carbocycles. The van der Waals surface area contributed by atoms with Crippen molar-refractivity contribution in [2.45, 2.75) is 102 Å². The lowest BCUT2D eigenvalue weighted by Crippen LogP contribution is -2.86. The Morgan fingerprint density at radius 3 is 2.35 bits per heavy atom. The minimum atomic E-state index is -2.22. The molecule has 0 spiro atoms. The van der Waals surface area contributed by atoms with E-state index in [9.17, 15) is 24.9 Å². The Labute approximate surface area is 225 Å². The molecule has 4 rings (SSSR count). The van der Waals surface area contributed by atoms with E-state index < -0.39 is 69.7 Å². The smallest absolute Gasteiger partial charge is 0.323 e. The van der Waals surface area contributed by atoms with Gasteiger partial charge >= 0.3 is 5.97 Å². The number of carbonyl (C=O) groups is 2. The van der Waals surface area contributed by atoms with Gasteiger partial charge < -0.3 is 29.5 Å². The van der Waals surface area contributed by atoms with Crippen molar-refractivity contribution in [1.29, 1.82) is 0 Å². The summed E-state index contributed by atoms with van der Waals surface area (Å²) in [7, 11) is 0. The van der Waals surface area contributed by atoms with Crippen molar-refractivity contribution >= 4 is 24.2 Å². The van der Waals surface area contributed by atoms with E-state index in [1.165, 1.54) is 13.0 Å². The highest BCUT2D eigenvalue weighted by Gasteiger charge is 2.81. The van der Waals surface area contributed by atoms with Gasteiger partial charge in [-0.15, -0.1) is 19.0 Å². The summed E-state index contributed by atoms with van der Waals surface area (Å²) in [5.74, 6) is -1.75. The number of Topliss-reactive ketones (excluding diaryl/α,β-unsaturated/α-hetero) is 1. The molecule has 0 aromatic rings. The zero-order valence-electron chi connectivity index (χ0n) is 22.9. The third kappa shape index (κ3) is 4.20. The van der Waals surface area contributed by atoms with Crippen LogP contribution in [0.4, 0.5) is 0 Å². The maximum Gasteiger partial charge on any atom is 0.323 e. The normalized spacial score (nSPS) is 46.6. The van der Waals surface area contributed by atoms with Crippen LogP contribution < -0.4 is 0 Å². The highest BCUT2D eigenvalue weighted by Crippen LogP contribution is 2.67. The van der Waals surface area contributed by atoms with E-state index >= 15 is 0 Å². The van der Waals surface area contributed by atoms with Crippen LogP contribution in [-0.4, -0.2) is 99.4 Å². The third-order valence-electron chi connectivity index (χ3n) is 9.92.